The minimum atomic E-state index is -0.0538. The predicted octanol–water partition coefficient (Wildman–Crippen LogP) is 1.75. The number of carbonyl (C=O) groups is 1. The third kappa shape index (κ3) is 3.53. The van der Waals surface area contributed by atoms with Crippen LogP contribution in [0.3, 0.4) is 0 Å². The summed E-state index contributed by atoms with van der Waals surface area (Å²) in [5.74, 6) is 0.962. The van der Waals surface area contributed by atoms with Gasteiger partial charge < -0.3 is 15.5 Å². The molecule has 4 heteroatoms. The van der Waals surface area contributed by atoms with Crippen molar-refractivity contribution >= 4 is 5.91 Å². The van der Waals surface area contributed by atoms with Crippen molar-refractivity contribution in [3.8, 4) is 0 Å². The molecule has 0 aromatic rings. The highest BCUT2D eigenvalue weighted by molar-refractivity contribution is 5.81. The van der Waals surface area contributed by atoms with Gasteiger partial charge in [-0.2, -0.15) is 0 Å². The van der Waals surface area contributed by atoms with Crippen molar-refractivity contribution in [3.05, 3.63) is 0 Å². The number of carbonyl (C=O) groups excluding carboxylic acids is 1. The molecule has 2 fully saturated rings. The molecule has 1 amide bonds. The van der Waals surface area contributed by atoms with Crippen molar-refractivity contribution in [3.63, 3.8) is 0 Å². The molecule has 1 saturated heterocycles. The molecule has 4 atom stereocenters. The van der Waals surface area contributed by atoms with Crippen LogP contribution in [0.2, 0.25) is 0 Å². The fourth-order valence-corrected chi connectivity index (χ4v) is 3.96. The normalized spacial score (nSPS) is 31.4. The molecule has 0 aromatic heterocycles. The van der Waals surface area contributed by atoms with E-state index < -0.39 is 0 Å². The Balaban J connectivity index is 1.89. The SMILES string of the molecule is CCN(CC)C(=O)C(C)NC1CCCC1C1CCCN1. The molecule has 20 heavy (non-hydrogen) atoms. The van der Waals surface area contributed by atoms with E-state index in [1.807, 2.05) is 11.8 Å². The standard InChI is InChI=1S/C16H31N3O/c1-4-19(5-2)16(20)12(3)18-15-9-6-8-13(15)14-10-7-11-17-14/h12-15,17-18H,4-11H2,1-3H3. The Labute approximate surface area is 123 Å². The first-order valence-corrected chi connectivity index (χ1v) is 8.45. The second-order valence-corrected chi connectivity index (χ2v) is 6.30. The van der Waals surface area contributed by atoms with Gasteiger partial charge in [0.1, 0.15) is 0 Å². The number of likely N-dealkylation sites (N-methyl/N-ethyl adjacent to an activating group) is 1. The molecule has 0 radical (unpaired) electrons. The van der Waals surface area contributed by atoms with Crippen LogP contribution in [0, 0.1) is 5.92 Å². The topological polar surface area (TPSA) is 44.4 Å². The largest absolute Gasteiger partial charge is 0.342 e. The maximum Gasteiger partial charge on any atom is 0.239 e. The summed E-state index contributed by atoms with van der Waals surface area (Å²) in [6.07, 6.45) is 6.44. The summed E-state index contributed by atoms with van der Waals surface area (Å²) in [7, 11) is 0. The number of nitrogens with one attached hydrogen (secondary N) is 2. The Morgan fingerprint density at radius 1 is 1.25 bits per heavy atom. The zero-order valence-corrected chi connectivity index (χ0v) is 13.3. The van der Waals surface area contributed by atoms with Crippen molar-refractivity contribution in [1.29, 1.82) is 0 Å². The molecule has 1 aliphatic carbocycles. The van der Waals surface area contributed by atoms with Crippen LogP contribution in [0.1, 0.15) is 52.9 Å². The van der Waals surface area contributed by atoms with Crippen LogP contribution >= 0.6 is 0 Å². The Kier molecular flexibility index (Phi) is 5.85. The van der Waals surface area contributed by atoms with Crippen LogP contribution in [-0.2, 0) is 4.79 Å². The lowest BCUT2D eigenvalue weighted by molar-refractivity contribution is -0.132. The van der Waals surface area contributed by atoms with Crippen molar-refractivity contribution in [1.82, 2.24) is 15.5 Å². The molecule has 1 saturated carbocycles. The highest BCUT2D eigenvalue weighted by atomic mass is 16.2. The van der Waals surface area contributed by atoms with Gasteiger partial charge in [-0.05, 0) is 58.9 Å². The first kappa shape index (κ1) is 15.8. The molecule has 116 valence electrons. The molecule has 0 aromatic carbocycles. The molecule has 0 bridgehead atoms. The van der Waals surface area contributed by atoms with Gasteiger partial charge in [0.15, 0.2) is 0 Å². The number of amides is 1. The third-order valence-electron chi connectivity index (χ3n) is 5.09. The van der Waals surface area contributed by atoms with Gasteiger partial charge in [-0.3, -0.25) is 4.79 Å². The minimum Gasteiger partial charge on any atom is -0.342 e. The molecule has 4 unspecified atom stereocenters. The summed E-state index contributed by atoms with van der Waals surface area (Å²) in [5.41, 5.74) is 0. The Morgan fingerprint density at radius 3 is 2.60 bits per heavy atom. The fourth-order valence-electron chi connectivity index (χ4n) is 3.96. The van der Waals surface area contributed by atoms with Gasteiger partial charge in [0.25, 0.3) is 0 Å². The summed E-state index contributed by atoms with van der Waals surface area (Å²) < 4.78 is 0. The Hall–Kier alpha value is -0.610. The van der Waals surface area contributed by atoms with Crippen LogP contribution in [0.5, 0.6) is 0 Å². The molecule has 1 heterocycles. The molecule has 1 aliphatic heterocycles. The van der Waals surface area contributed by atoms with E-state index in [9.17, 15) is 4.79 Å². The van der Waals surface area contributed by atoms with E-state index in [0.29, 0.717) is 18.0 Å². The van der Waals surface area contributed by atoms with Crippen LogP contribution in [0.15, 0.2) is 0 Å². The van der Waals surface area contributed by atoms with Gasteiger partial charge in [-0.15, -0.1) is 0 Å². The summed E-state index contributed by atoms with van der Waals surface area (Å²) in [4.78, 5) is 14.3. The Bertz CT molecular complexity index is 311. The van der Waals surface area contributed by atoms with Gasteiger partial charge in [0, 0.05) is 25.2 Å². The smallest absolute Gasteiger partial charge is 0.239 e. The summed E-state index contributed by atoms with van der Waals surface area (Å²) >= 11 is 0. The quantitative estimate of drug-likeness (QED) is 0.779. The van der Waals surface area contributed by atoms with E-state index in [1.54, 1.807) is 0 Å². The lowest BCUT2D eigenvalue weighted by Crippen LogP contribution is -2.51. The number of hydrogen-bond acceptors (Lipinski definition) is 3. The highest BCUT2D eigenvalue weighted by Gasteiger charge is 2.36. The molecule has 2 aliphatic rings. The van der Waals surface area contributed by atoms with Gasteiger partial charge in [0.2, 0.25) is 5.91 Å². The fraction of sp³-hybridized carbons (Fsp3) is 0.938. The zero-order chi connectivity index (χ0) is 14.5. The van der Waals surface area contributed by atoms with E-state index in [1.165, 1.54) is 38.6 Å². The lowest BCUT2D eigenvalue weighted by Gasteiger charge is -2.31. The van der Waals surface area contributed by atoms with Crippen molar-refractivity contribution in [2.24, 2.45) is 5.92 Å². The predicted molar refractivity (Wildman–Crippen MR) is 82.7 cm³/mol. The van der Waals surface area contributed by atoms with Crippen molar-refractivity contribution in [2.45, 2.75) is 71.0 Å². The van der Waals surface area contributed by atoms with Crippen molar-refractivity contribution < 1.29 is 4.79 Å². The van der Waals surface area contributed by atoms with Gasteiger partial charge in [0.05, 0.1) is 6.04 Å². The molecular formula is C16H31N3O. The van der Waals surface area contributed by atoms with Gasteiger partial charge in [-0.25, -0.2) is 0 Å². The minimum absolute atomic E-state index is 0.0538. The average Bonchev–Trinajstić information content (AvgIpc) is 3.10. The lowest BCUT2D eigenvalue weighted by atomic mass is 9.92. The second kappa shape index (κ2) is 7.41. The molecule has 4 nitrogen and oxygen atoms in total. The van der Waals surface area contributed by atoms with Gasteiger partial charge in [-0.1, -0.05) is 6.42 Å². The van der Waals surface area contributed by atoms with E-state index in [0.717, 1.165) is 13.1 Å². The first-order valence-electron chi connectivity index (χ1n) is 8.45. The van der Waals surface area contributed by atoms with Crippen LogP contribution in [0.4, 0.5) is 0 Å². The third-order valence-corrected chi connectivity index (χ3v) is 5.09. The van der Waals surface area contributed by atoms with E-state index in [4.69, 9.17) is 0 Å². The van der Waals surface area contributed by atoms with E-state index in [-0.39, 0.29) is 11.9 Å². The summed E-state index contributed by atoms with van der Waals surface area (Å²) in [6, 6.07) is 1.13. The van der Waals surface area contributed by atoms with Gasteiger partial charge >= 0.3 is 0 Å². The Morgan fingerprint density at radius 2 is 2.00 bits per heavy atom. The van der Waals surface area contributed by atoms with Crippen LogP contribution in [0.25, 0.3) is 0 Å². The summed E-state index contributed by atoms with van der Waals surface area (Å²) in [5, 5.41) is 7.26. The average molecular weight is 281 g/mol. The number of nitrogens with zero attached hydrogens (tertiary/aromatic N) is 1. The molecule has 2 rings (SSSR count). The number of rotatable bonds is 6. The van der Waals surface area contributed by atoms with E-state index in [2.05, 4.69) is 24.5 Å². The monoisotopic (exact) mass is 281 g/mol. The first-order chi connectivity index (χ1) is 9.67. The zero-order valence-electron chi connectivity index (χ0n) is 13.3. The van der Waals surface area contributed by atoms with E-state index >= 15 is 0 Å². The molecular weight excluding hydrogens is 250 g/mol. The van der Waals surface area contributed by atoms with Crippen LogP contribution < -0.4 is 10.6 Å². The molecule has 2 N–H and O–H groups in total. The number of hydrogen-bond donors (Lipinski definition) is 2. The van der Waals surface area contributed by atoms with Crippen LogP contribution in [-0.4, -0.2) is 48.6 Å². The highest BCUT2D eigenvalue weighted by Crippen LogP contribution is 2.32. The maximum atomic E-state index is 12.4. The van der Waals surface area contributed by atoms with Crippen molar-refractivity contribution in [2.75, 3.05) is 19.6 Å². The summed E-state index contributed by atoms with van der Waals surface area (Å²) in [6.45, 7) is 8.91. The molecule has 0 spiro atoms. The maximum absolute atomic E-state index is 12.4. The second-order valence-electron chi connectivity index (χ2n) is 6.30.